The van der Waals surface area contributed by atoms with E-state index in [1.807, 2.05) is 12.1 Å². The Morgan fingerprint density at radius 2 is 2.04 bits per heavy atom. The van der Waals surface area contributed by atoms with Gasteiger partial charge < -0.3 is 10.6 Å². The largest absolute Gasteiger partial charge is 0.381 e. The number of piperidine rings is 1. The van der Waals surface area contributed by atoms with Crippen molar-refractivity contribution in [2.75, 3.05) is 23.7 Å². The van der Waals surface area contributed by atoms with Crippen molar-refractivity contribution < 1.29 is 0 Å². The van der Waals surface area contributed by atoms with Crippen LogP contribution >= 0.6 is 23.4 Å². The SMILES string of the molecule is CC1(C)CCN(c2cnc(Sc3ccc(-c4nn[nH]n4)cc3Cl)c(N)n2)CC1. The minimum Gasteiger partial charge on any atom is -0.381 e. The Labute approximate surface area is 172 Å². The van der Waals surface area contributed by atoms with Gasteiger partial charge in [-0.05, 0) is 41.7 Å². The van der Waals surface area contributed by atoms with Crippen LogP contribution in [0.15, 0.2) is 34.3 Å². The smallest absolute Gasteiger partial charge is 0.204 e. The zero-order valence-corrected chi connectivity index (χ0v) is 17.3. The summed E-state index contributed by atoms with van der Waals surface area (Å²) >= 11 is 7.81. The van der Waals surface area contributed by atoms with Crippen LogP contribution < -0.4 is 10.6 Å². The number of nitrogen functional groups attached to an aromatic ring is 1. The molecule has 3 heterocycles. The number of nitrogens with one attached hydrogen (secondary N) is 1. The van der Waals surface area contributed by atoms with Gasteiger partial charge in [-0.3, -0.25) is 0 Å². The Kier molecular flexibility index (Phi) is 5.11. The highest BCUT2D eigenvalue weighted by Crippen LogP contribution is 2.37. The molecule has 1 fully saturated rings. The Morgan fingerprint density at radius 3 is 2.68 bits per heavy atom. The van der Waals surface area contributed by atoms with Crippen molar-refractivity contribution in [3.63, 3.8) is 0 Å². The molecule has 1 aliphatic rings. The number of nitrogens with zero attached hydrogens (tertiary/aromatic N) is 6. The number of halogens is 1. The van der Waals surface area contributed by atoms with Crippen LogP contribution in [-0.4, -0.2) is 43.7 Å². The van der Waals surface area contributed by atoms with E-state index in [4.69, 9.17) is 17.3 Å². The number of nitrogens with two attached hydrogens (primary N) is 1. The minimum absolute atomic E-state index is 0.385. The molecule has 0 amide bonds. The number of tetrazole rings is 1. The van der Waals surface area contributed by atoms with E-state index in [1.54, 1.807) is 12.3 Å². The Morgan fingerprint density at radius 1 is 1.25 bits per heavy atom. The van der Waals surface area contributed by atoms with E-state index < -0.39 is 0 Å². The fourth-order valence-corrected chi connectivity index (χ4v) is 4.12. The molecule has 8 nitrogen and oxygen atoms in total. The summed E-state index contributed by atoms with van der Waals surface area (Å²) in [7, 11) is 0. The molecule has 2 aromatic heterocycles. The molecule has 0 atom stereocenters. The highest BCUT2D eigenvalue weighted by molar-refractivity contribution is 7.99. The van der Waals surface area contributed by atoms with Crippen molar-refractivity contribution >= 4 is 35.0 Å². The standard InChI is InChI=1S/C18H21ClN8S/c1-18(2)5-7-27(8-6-18)14-10-21-17(15(20)22-14)28-13-4-3-11(9-12(13)19)16-23-25-26-24-16/h3-4,9-10H,5-8H2,1-2H3,(H2,20,22)(H,23,24,25,26). The second kappa shape index (κ2) is 7.56. The lowest BCUT2D eigenvalue weighted by Crippen LogP contribution is -2.37. The van der Waals surface area contributed by atoms with Crippen molar-refractivity contribution in [3.05, 3.63) is 29.4 Å². The summed E-state index contributed by atoms with van der Waals surface area (Å²) in [5, 5.41) is 15.1. The Balaban J connectivity index is 1.50. The fourth-order valence-electron chi connectivity index (χ4n) is 3.07. The second-order valence-corrected chi connectivity index (χ2v) is 8.99. The van der Waals surface area contributed by atoms with E-state index in [2.05, 4.69) is 49.3 Å². The van der Waals surface area contributed by atoms with Gasteiger partial charge in [0, 0.05) is 23.5 Å². The van der Waals surface area contributed by atoms with Gasteiger partial charge in [0.05, 0.1) is 11.2 Å². The molecule has 0 spiro atoms. The number of rotatable bonds is 4. The van der Waals surface area contributed by atoms with Crippen LogP contribution in [0.25, 0.3) is 11.4 Å². The molecule has 3 aromatic rings. The van der Waals surface area contributed by atoms with Crippen LogP contribution in [0, 0.1) is 5.41 Å². The molecule has 0 aliphatic carbocycles. The molecule has 28 heavy (non-hydrogen) atoms. The predicted octanol–water partition coefficient (Wildman–Crippen LogP) is 3.67. The first kappa shape index (κ1) is 18.9. The van der Waals surface area contributed by atoms with E-state index in [1.165, 1.54) is 11.8 Å². The summed E-state index contributed by atoms with van der Waals surface area (Å²) < 4.78 is 0. The highest BCUT2D eigenvalue weighted by atomic mass is 35.5. The molecular formula is C18H21ClN8S. The number of benzene rings is 1. The summed E-state index contributed by atoms with van der Waals surface area (Å²) in [6, 6.07) is 5.56. The first-order chi connectivity index (χ1) is 13.4. The number of hydrogen-bond acceptors (Lipinski definition) is 8. The van der Waals surface area contributed by atoms with Crippen LogP contribution in [0.4, 0.5) is 11.6 Å². The van der Waals surface area contributed by atoms with Gasteiger partial charge in [-0.15, -0.1) is 10.2 Å². The molecule has 146 valence electrons. The van der Waals surface area contributed by atoms with Gasteiger partial charge in [0.2, 0.25) is 5.82 Å². The zero-order valence-electron chi connectivity index (χ0n) is 15.7. The van der Waals surface area contributed by atoms with Gasteiger partial charge in [-0.25, -0.2) is 9.97 Å². The van der Waals surface area contributed by atoms with Crippen molar-refractivity contribution in [2.45, 2.75) is 36.6 Å². The van der Waals surface area contributed by atoms with Crippen LogP contribution in [0.5, 0.6) is 0 Å². The molecule has 0 bridgehead atoms. The van der Waals surface area contributed by atoms with E-state index in [0.29, 0.717) is 27.1 Å². The number of anilines is 2. The third kappa shape index (κ3) is 4.05. The summed E-state index contributed by atoms with van der Waals surface area (Å²) in [5.74, 6) is 1.73. The predicted molar refractivity (Wildman–Crippen MR) is 110 cm³/mol. The summed E-state index contributed by atoms with van der Waals surface area (Å²) in [6.07, 6.45) is 4.06. The fraction of sp³-hybridized carbons (Fsp3) is 0.389. The highest BCUT2D eigenvalue weighted by Gasteiger charge is 2.26. The van der Waals surface area contributed by atoms with Crippen molar-refractivity contribution in [2.24, 2.45) is 5.41 Å². The van der Waals surface area contributed by atoms with Crippen LogP contribution in [0.3, 0.4) is 0 Å². The average Bonchev–Trinajstić information content (AvgIpc) is 3.19. The summed E-state index contributed by atoms with van der Waals surface area (Å²) in [4.78, 5) is 12.2. The summed E-state index contributed by atoms with van der Waals surface area (Å²) in [6.45, 7) is 6.55. The maximum absolute atomic E-state index is 6.42. The Hall–Kier alpha value is -2.39. The van der Waals surface area contributed by atoms with E-state index in [9.17, 15) is 0 Å². The maximum atomic E-state index is 6.42. The molecule has 1 aliphatic heterocycles. The van der Waals surface area contributed by atoms with Gasteiger partial charge in [0.1, 0.15) is 10.8 Å². The molecule has 0 saturated carbocycles. The topological polar surface area (TPSA) is 110 Å². The molecule has 0 radical (unpaired) electrons. The lowest BCUT2D eigenvalue weighted by Gasteiger charge is -2.37. The van der Waals surface area contributed by atoms with Gasteiger partial charge in [0.25, 0.3) is 0 Å². The van der Waals surface area contributed by atoms with E-state index in [0.717, 1.165) is 42.2 Å². The molecule has 10 heteroatoms. The monoisotopic (exact) mass is 416 g/mol. The first-order valence-corrected chi connectivity index (χ1v) is 10.2. The normalized spacial score (nSPS) is 16.3. The van der Waals surface area contributed by atoms with Crippen LogP contribution in [-0.2, 0) is 0 Å². The number of aromatic amines is 1. The van der Waals surface area contributed by atoms with Gasteiger partial charge >= 0.3 is 0 Å². The van der Waals surface area contributed by atoms with Crippen molar-refractivity contribution in [1.82, 2.24) is 30.6 Å². The maximum Gasteiger partial charge on any atom is 0.204 e. The minimum atomic E-state index is 0.385. The zero-order chi connectivity index (χ0) is 19.7. The van der Waals surface area contributed by atoms with Crippen LogP contribution in [0.2, 0.25) is 5.02 Å². The number of aromatic nitrogens is 6. The summed E-state index contributed by atoms with van der Waals surface area (Å²) in [5.41, 5.74) is 7.36. The van der Waals surface area contributed by atoms with E-state index in [-0.39, 0.29) is 0 Å². The third-order valence-electron chi connectivity index (χ3n) is 4.93. The lowest BCUT2D eigenvalue weighted by atomic mass is 9.83. The van der Waals surface area contributed by atoms with Gasteiger partial charge in [-0.1, -0.05) is 37.2 Å². The average molecular weight is 417 g/mol. The molecule has 1 saturated heterocycles. The second-order valence-electron chi connectivity index (χ2n) is 7.55. The molecule has 4 rings (SSSR count). The molecule has 0 unspecified atom stereocenters. The number of H-pyrrole nitrogens is 1. The van der Waals surface area contributed by atoms with Crippen molar-refractivity contribution in [1.29, 1.82) is 0 Å². The van der Waals surface area contributed by atoms with Crippen molar-refractivity contribution in [3.8, 4) is 11.4 Å². The van der Waals surface area contributed by atoms with Crippen LogP contribution in [0.1, 0.15) is 26.7 Å². The van der Waals surface area contributed by atoms with Gasteiger partial charge in [-0.2, -0.15) is 5.21 Å². The number of hydrogen-bond donors (Lipinski definition) is 2. The third-order valence-corrected chi connectivity index (χ3v) is 6.44. The first-order valence-electron chi connectivity index (χ1n) is 9.00. The quantitative estimate of drug-likeness (QED) is 0.662. The lowest BCUT2D eigenvalue weighted by molar-refractivity contribution is 0.279. The van der Waals surface area contributed by atoms with Gasteiger partial charge in [0.15, 0.2) is 5.82 Å². The Bertz CT molecular complexity index is 966. The van der Waals surface area contributed by atoms with E-state index >= 15 is 0 Å². The molecule has 1 aromatic carbocycles. The molecular weight excluding hydrogens is 396 g/mol. The molecule has 3 N–H and O–H groups in total.